The number of rotatable bonds is 2. The van der Waals surface area contributed by atoms with Gasteiger partial charge in [-0.2, -0.15) is 0 Å². The fourth-order valence-corrected chi connectivity index (χ4v) is 3.62. The minimum Gasteiger partial charge on any atom is -0.490 e. The van der Waals surface area contributed by atoms with Crippen LogP contribution in [0.4, 0.5) is 9.18 Å². The molecule has 0 spiro atoms. The second kappa shape index (κ2) is 6.86. The van der Waals surface area contributed by atoms with Gasteiger partial charge >= 0.3 is 6.03 Å². The van der Waals surface area contributed by atoms with Crippen LogP contribution in [0.15, 0.2) is 42.5 Å². The summed E-state index contributed by atoms with van der Waals surface area (Å²) < 4.78 is 25.3. The number of carbonyl (C=O) groups is 1. The van der Waals surface area contributed by atoms with Gasteiger partial charge in [-0.3, -0.25) is 0 Å². The Morgan fingerprint density at radius 1 is 1.12 bits per heavy atom. The van der Waals surface area contributed by atoms with Crippen molar-refractivity contribution < 1.29 is 18.7 Å². The number of urea groups is 1. The first-order valence-corrected chi connectivity index (χ1v) is 8.87. The summed E-state index contributed by atoms with van der Waals surface area (Å²) in [5.41, 5.74) is 1.64. The third-order valence-corrected chi connectivity index (χ3v) is 4.88. The molecule has 4 rings (SSSR count). The smallest absolute Gasteiger partial charge is 0.315 e. The lowest BCUT2D eigenvalue weighted by Crippen LogP contribution is -2.42. The summed E-state index contributed by atoms with van der Waals surface area (Å²) >= 11 is 0. The van der Waals surface area contributed by atoms with Crippen molar-refractivity contribution in [3.63, 3.8) is 0 Å². The summed E-state index contributed by atoms with van der Waals surface area (Å²) in [5.74, 6) is 0.627. The van der Waals surface area contributed by atoms with Crippen LogP contribution in [-0.4, -0.2) is 18.7 Å². The largest absolute Gasteiger partial charge is 0.490 e. The molecule has 0 radical (unpaired) electrons. The highest BCUT2D eigenvalue weighted by Gasteiger charge is 2.33. The molecule has 2 aromatic carbocycles. The van der Waals surface area contributed by atoms with Gasteiger partial charge in [-0.1, -0.05) is 30.3 Å². The van der Waals surface area contributed by atoms with Crippen molar-refractivity contribution in [2.45, 2.75) is 38.0 Å². The number of fused-ring (bicyclic) bond motifs is 2. The molecule has 6 heteroatoms. The highest BCUT2D eigenvalue weighted by Crippen LogP contribution is 2.37. The Balaban J connectivity index is 1.50. The second-order valence-corrected chi connectivity index (χ2v) is 6.66. The predicted octanol–water partition coefficient (Wildman–Crippen LogP) is 3.86. The molecule has 2 aliphatic rings. The SMILES string of the molecule is CC1Oc2ccccc2C1NC(=O)NC1CCCOc2c(F)cccc21. The Kier molecular flexibility index (Phi) is 4.41. The maximum atomic E-state index is 14.0. The molecule has 2 aromatic rings. The quantitative estimate of drug-likeness (QED) is 0.859. The third kappa shape index (κ3) is 3.07. The van der Waals surface area contributed by atoms with Gasteiger partial charge in [0.25, 0.3) is 0 Å². The number of ether oxygens (including phenoxy) is 2. The third-order valence-electron chi connectivity index (χ3n) is 4.88. The van der Waals surface area contributed by atoms with Crippen LogP contribution >= 0.6 is 0 Å². The van der Waals surface area contributed by atoms with Crippen molar-refractivity contribution in [3.05, 3.63) is 59.4 Å². The van der Waals surface area contributed by atoms with Gasteiger partial charge in [0.2, 0.25) is 0 Å². The molecule has 2 aliphatic heterocycles. The Morgan fingerprint density at radius 3 is 2.81 bits per heavy atom. The monoisotopic (exact) mass is 356 g/mol. The fraction of sp³-hybridized carbons (Fsp3) is 0.350. The number of para-hydroxylation sites is 2. The molecular formula is C20H21FN2O3. The van der Waals surface area contributed by atoms with Gasteiger partial charge in [-0.25, -0.2) is 9.18 Å². The molecule has 0 saturated heterocycles. The maximum Gasteiger partial charge on any atom is 0.315 e. The van der Waals surface area contributed by atoms with E-state index in [1.807, 2.05) is 31.2 Å². The van der Waals surface area contributed by atoms with Crippen molar-refractivity contribution in [1.82, 2.24) is 10.6 Å². The molecule has 2 N–H and O–H groups in total. The Labute approximate surface area is 151 Å². The summed E-state index contributed by atoms with van der Waals surface area (Å²) in [6.45, 7) is 2.36. The van der Waals surface area contributed by atoms with E-state index in [0.717, 1.165) is 17.7 Å². The van der Waals surface area contributed by atoms with E-state index >= 15 is 0 Å². The van der Waals surface area contributed by atoms with E-state index < -0.39 is 5.82 Å². The van der Waals surface area contributed by atoms with Gasteiger partial charge in [-0.15, -0.1) is 0 Å². The molecule has 2 heterocycles. The minimum absolute atomic E-state index is 0.152. The number of nitrogens with one attached hydrogen (secondary N) is 2. The van der Waals surface area contributed by atoms with Crippen molar-refractivity contribution in [3.8, 4) is 11.5 Å². The predicted molar refractivity (Wildman–Crippen MR) is 94.8 cm³/mol. The zero-order valence-corrected chi connectivity index (χ0v) is 14.5. The number of halogens is 1. The van der Waals surface area contributed by atoms with E-state index in [-0.39, 0.29) is 30.0 Å². The molecular weight excluding hydrogens is 335 g/mol. The van der Waals surface area contributed by atoms with E-state index in [2.05, 4.69) is 10.6 Å². The van der Waals surface area contributed by atoms with Crippen LogP contribution < -0.4 is 20.1 Å². The molecule has 136 valence electrons. The van der Waals surface area contributed by atoms with E-state index in [0.29, 0.717) is 18.6 Å². The number of carbonyl (C=O) groups excluding carboxylic acids is 1. The zero-order chi connectivity index (χ0) is 18.1. The molecule has 0 saturated carbocycles. The summed E-state index contributed by atoms with van der Waals surface area (Å²) in [4.78, 5) is 12.6. The molecule has 0 aliphatic carbocycles. The van der Waals surface area contributed by atoms with Crippen LogP contribution in [0, 0.1) is 5.82 Å². The fourth-order valence-electron chi connectivity index (χ4n) is 3.62. The van der Waals surface area contributed by atoms with Gasteiger partial charge in [0.1, 0.15) is 11.9 Å². The Hall–Kier alpha value is -2.76. The molecule has 0 aromatic heterocycles. The standard InChI is InChI=1S/C20H21FN2O3/c1-12-18(14-6-2-3-10-17(14)26-12)23-20(24)22-16-9-5-11-25-19-13(16)7-4-8-15(19)21/h2-4,6-8,10,12,16,18H,5,9,11H2,1H3,(H2,22,23,24). The minimum atomic E-state index is -0.400. The highest BCUT2D eigenvalue weighted by molar-refractivity contribution is 5.75. The van der Waals surface area contributed by atoms with Crippen LogP contribution in [0.5, 0.6) is 11.5 Å². The van der Waals surface area contributed by atoms with Crippen molar-refractivity contribution in [2.75, 3.05) is 6.61 Å². The number of benzene rings is 2. The van der Waals surface area contributed by atoms with E-state index in [1.165, 1.54) is 6.07 Å². The highest BCUT2D eigenvalue weighted by atomic mass is 19.1. The summed E-state index contributed by atoms with van der Waals surface area (Å²) in [6, 6.07) is 11.7. The Morgan fingerprint density at radius 2 is 1.92 bits per heavy atom. The maximum absolute atomic E-state index is 14.0. The van der Waals surface area contributed by atoms with Crippen molar-refractivity contribution >= 4 is 6.03 Å². The van der Waals surface area contributed by atoms with E-state index in [1.54, 1.807) is 12.1 Å². The number of hydrogen-bond donors (Lipinski definition) is 2. The van der Waals surface area contributed by atoms with Crippen molar-refractivity contribution in [1.29, 1.82) is 0 Å². The zero-order valence-electron chi connectivity index (χ0n) is 14.5. The summed E-state index contributed by atoms with van der Waals surface area (Å²) in [6.07, 6.45) is 1.28. The molecule has 0 fully saturated rings. The topological polar surface area (TPSA) is 59.6 Å². The number of hydrogen-bond acceptors (Lipinski definition) is 3. The van der Waals surface area contributed by atoms with Crippen LogP contribution in [0.25, 0.3) is 0 Å². The molecule has 26 heavy (non-hydrogen) atoms. The lowest BCUT2D eigenvalue weighted by molar-refractivity contribution is 0.197. The van der Waals surface area contributed by atoms with Gasteiger partial charge in [-0.05, 0) is 31.9 Å². The van der Waals surface area contributed by atoms with Crippen LogP contribution in [0.3, 0.4) is 0 Å². The Bertz CT molecular complexity index is 826. The second-order valence-electron chi connectivity index (χ2n) is 6.66. The average Bonchev–Trinajstić information content (AvgIpc) is 2.80. The molecule has 2 amide bonds. The van der Waals surface area contributed by atoms with Gasteiger partial charge < -0.3 is 20.1 Å². The lowest BCUT2D eigenvalue weighted by atomic mass is 10.0. The van der Waals surface area contributed by atoms with Gasteiger partial charge in [0, 0.05) is 11.1 Å². The van der Waals surface area contributed by atoms with E-state index in [9.17, 15) is 9.18 Å². The average molecular weight is 356 g/mol. The van der Waals surface area contributed by atoms with Crippen LogP contribution in [0.2, 0.25) is 0 Å². The van der Waals surface area contributed by atoms with Crippen LogP contribution in [-0.2, 0) is 0 Å². The van der Waals surface area contributed by atoms with Gasteiger partial charge in [0.15, 0.2) is 11.6 Å². The van der Waals surface area contributed by atoms with Gasteiger partial charge in [0.05, 0.1) is 18.7 Å². The molecule has 5 nitrogen and oxygen atoms in total. The normalized spacial score (nSPS) is 23.7. The van der Waals surface area contributed by atoms with Crippen molar-refractivity contribution in [2.24, 2.45) is 0 Å². The summed E-state index contributed by atoms with van der Waals surface area (Å²) in [7, 11) is 0. The summed E-state index contributed by atoms with van der Waals surface area (Å²) in [5, 5.41) is 5.96. The number of amides is 2. The first-order chi connectivity index (χ1) is 12.6. The first kappa shape index (κ1) is 16.7. The molecule has 0 bridgehead atoms. The first-order valence-electron chi connectivity index (χ1n) is 8.87. The van der Waals surface area contributed by atoms with E-state index in [4.69, 9.17) is 9.47 Å². The molecule has 3 atom stereocenters. The van der Waals surface area contributed by atoms with Crippen LogP contribution in [0.1, 0.15) is 43.0 Å². The molecule has 3 unspecified atom stereocenters. The lowest BCUT2D eigenvalue weighted by Gasteiger charge is -2.22.